The van der Waals surface area contributed by atoms with E-state index in [1.54, 1.807) is 0 Å². The summed E-state index contributed by atoms with van der Waals surface area (Å²) in [6.07, 6.45) is 0.947. The average molecular weight is 307 g/mol. The van der Waals surface area contributed by atoms with Crippen LogP contribution in [0.15, 0.2) is 6.07 Å². The van der Waals surface area contributed by atoms with Crippen molar-refractivity contribution in [2.45, 2.75) is 46.7 Å². The Kier molecular flexibility index (Phi) is 5.64. The molecule has 1 N–H and O–H groups in total. The molecule has 1 saturated heterocycles. The number of amides is 1. The third-order valence-electron chi connectivity index (χ3n) is 4.92. The van der Waals surface area contributed by atoms with E-state index in [1.807, 2.05) is 17.9 Å². The molecule has 124 valence electrons. The number of rotatable bonds is 5. The van der Waals surface area contributed by atoms with Crippen LogP contribution in [0.25, 0.3) is 0 Å². The number of nitrogens with zero attached hydrogens (tertiary/aromatic N) is 3. The molecule has 1 aromatic rings. The number of piperazine rings is 1. The van der Waals surface area contributed by atoms with Crippen molar-refractivity contribution >= 4 is 5.91 Å². The maximum absolute atomic E-state index is 12.8. The summed E-state index contributed by atoms with van der Waals surface area (Å²) < 4.78 is 2.18. The molecule has 2 heterocycles. The molecule has 5 heteroatoms. The van der Waals surface area contributed by atoms with Gasteiger partial charge < -0.3 is 14.6 Å². The molecule has 5 nitrogen and oxygen atoms in total. The van der Waals surface area contributed by atoms with E-state index in [0.29, 0.717) is 0 Å². The van der Waals surface area contributed by atoms with Crippen LogP contribution in [0.4, 0.5) is 0 Å². The van der Waals surface area contributed by atoms with Gasteiger partial charge in [0.05, 0.1) is 12.2 Å². The molecule has 0 aliphatic carbocycles. The van der Waals surface area contributed by atoms with Crippen molar-refractivity contribution in [1.82, 2.24) is 14.4 Å². The molecule has 1 unspecified atom stereocenters. The number of hydrogen-bond acceptors (Lipinski definition) is 3. The minimum absolute atomic E-state index is 0.143. The highest BCUT2D eigenvalue weighted by Gasteiger charge is 2.27. The molecule has 1 fully saturated rings. The molecule has 0 saturated carbocycles. The predicted octanol–water partition coefficient (Wildman–Crippen LogP) is 1.65. The van der Waals surface area contributed by atoms with Gasteiger partial charge in [-0.3, -0.25) is 9.69 Å². The zero-order valence-electron chi connectivity index (χ0n) is 14.3. The molecule has 1 aliphatic rings. The Morgan fingerprint density at radius 1 is 1.23 bits per heavy atom. The molecule has 1 amide bonds. The number of aromatic nitrogens is 1. The first-order valence-electron chi connectivity index (χ1n) is 8.34. The second-order valence-corrected chi connectivity index (χ2v) is 6.10. The first-order chi connectivity index (χ1) is 10.5. The predicted molar refractivity (Wildman–Crippen MR) is 88.2 cm³/mol. The molecular weight excluding hydrogens is 278 g/mol. The van der Waals surface area contributed by atoms with Gasteiger partial charge in [-0.2, -0.15) is 0 Å². The Morgan fingerprint density at radius 2 is 1.86 bits per heavy atom. The molecule has 1 aromatic heterocycles. The van der Waals surface area contributed by atoms with Crippen LogP contribution in [0.2, 0.25) is 0 Å². The number of aliphatic hydroxyl groups excluding tert-OH is 1. The fourth-order valence-corrected chi connectivity index (χ4v) is 3.47. The summed E-state index contributed by atoms with van der Waals surface area (Å²) in [6, 6.07) is 2.23. The standard InChI is InChI=1S/C17H29N3O2/c1-5-15(12-21)18-7-9-19(10-8-18)17(22)16-11-13(3)20(6-2)14(16)4/h11,15,21H,5-10,12H2,1-4H3. The minimum atomic E-state index is 0.143. The topological polar surface area (TPSA) is 48.7 Å². The van der Waals surface area contributed by atoms with E-state index >= 15 is 0 Å². The summed E-state index contributed by atoms with van der Waals surface area (Å²) in [6.45, 7) is 12.5. The highest BCUT2D eigenvalue weighted by Crippen LogP contribution is 2.18. The lowest BCUT2D eigenvalue weighted by Gasteiger charge is -2.38. The summed E-state index contributed by atoms with van der Waals surface area (Å²) >= 11 is 0. The molecule has 22 heavy (non-hydrogen) atoms. The highest BCUT2D eigenvalue weighted by molar-refractivity contribution is 5.95. The van der Waals surface area contributed by atoms with E-state index in [-0.39, 0.29) is 18.6 Å². The van der Waals surface area contributed by atoms with Gasteiger partial charge in [-0.05, 0) is 33.3 Å². The number of carbonyl (C=O) groups is 1. The van der Waals surface area contributed by atoms with E-state index < -0.39 is 0 Å². The van der Waals surface area contributed by atoms with Crippen molar-refractivity contribution in [2.75, 3.05) is 32.8 Å². The van der Waals surface area contributed by atoms with Gasteiger partial charge in [-0.25, -0.2) is 0 Å². The van der Waals surface area contributed by atoms with Gasteiger partial charge >= 0.3 is 0 Å². The molecule has 2 rings (SSSR count). The minimum Gasteiger partial charge on any atom is -0.395 e. The Balaban J connectivity index is 2.04. The van der Waals surface area contributed by atoms with Crippen LogP contribution in [-0.4, -0.2) is 64.2 Å². The Hall–Kier alpha value is -1.33. The van der Waals surface area contributed by atoms with E-state index in [2.05, 4.69) is 30.2 Å². The lowest BCUT2D eigenvalue weighted by molar-refractivity contribution is 0.0472. The smallest absolute Gasteiger partial charge is 0.255 e. The average Bonchev–Trinajstić information content (AvgIpc) is 2.82. The van der Waals surface area contributed by atoms with E-state index in [9.17, 15) is 9.90 Å². The summed E-state index contributed by atoms with van der Waals surface area (Å²) in [5.41, 5.74) is 3.05. The monoisotopic (exact) mass is 307 g/mol. The van der Waals surface area contributed by atoms with Crippen molar-refractivity contribution in [2.24, 2.45) is 0 Å². The van der Waals surface area contributed by atoms with Crippen LogP contribution < -0.4 is 0 Å². The van der Waals surface area contributed by atoms with Gasteiger partial charge in [0.15, 0.2) is 0 Å². The Morgan fingerprint density at radius 3 is 2.32 bits per heavy atom. The molecule has 1 atom stereocenters. The van der Waals surface area contributed by atoms with E-state index in [4.69, 9.17) is 0 Å². The number of aliphatic hydroxyl groups is 1. The van der Waals surface area contributed by atoms with Gasteiger partial charge in [0.1, 0.15) is 0 Å². The lowest BCUT2D eigenvalue weighted by atomic mass is 10.1. The van der Waals surface area contributed by atoms with Crippen LogP contribution in [-0.2, 0) is 6.54 Å². The zero-order valence-corrected chi connectivity index (χ0v) is 14.3. The van der Waals surface area contributed by atoms with Crippen molar-refractivity contribution in [1.29, 1.82) is 0 Å². The molecule has 0 aromatic carbocycles. The second-order valence-electron chi connectivity index (χ2n) is 6.10. The third kappa shape index (κ3) is 3.20. The van der Waals surface area contributed by atoms with Crippen molar-refractivity contribution in [3.8, 4) is 0 Å². The van der Waals surface area contributed by atoms with E-state index in [0.717, 1.165) is 56.1 Å². The number of carbonyl (C=O) groups excluding carboxylic acids is 1. The SMILES string of the molecule is CCC(CO)N1CCN(C(=O)c2cc(C)n(CC)c2C)CC1. The maximum Gasteiger partial charge on any atom is 0.255 e. The maximum atomic E-state index is 12.8. The largest absolute Gasteiger partial charge is 0.395 e. The van der Waals surface area contributed by atoms with Crippen molar-refractivity contribution < 1.29 is 9.90 Å². The molecule has 0 spiro atoms. The Bertz CT molecular complexity index is 512. The third-order valence-corrected chi connectivity index (χ3v) is 4.92. The zero-order chi connectivity index (χ0) is 16.3. The first-order valence-corrected chi connectivity index (χ1v) is 8.34. The van der Waals surface area contributed by atoms with Gasteiger partial charge in [-0.15, -0.1) is 0 Å². The van der Waals surface area contributed by atoms with Gasteiger partial charge in [0, 0.05) is 50.2 Å². The van der Waals surface area contributed by atoms with Crippen molar-refractivity contribution in [3.63, 3.8) is 0 Å². The van der Waals surface area contributed by atoms with Gasteiger partial charge in [-0.1, -0.05) is 6.92 Å². The number of hydrogen-bond donors (Lipinski definition) is 1. The number of aryl methyl sites for hydroxylation is 1. The normalized spacial score (nSPS) is 17.8. The molecular formula is C17H29N3O2. The molecule has 0 bridgehead atoms. The fourth-order valence-electron chi connectivity index (χ4n) is 3.47. The highest BCUT2D eigenvalue weighted by atomic mass is 16.3. The van der Waals surface area contributed by atoms with Gasteiger partial charge in [0.25, 0.3) is 5.91 Å². The van der Waals surface area contributed by atoms with Crippen LogP contribution >= 0.6 is 0 Å². The summed E-state index contributed by atoms with van der Waals surface area (Å²) in [5.74, 6) is 0.143. The quantitative estimate of drug-likeness (QED) is 0.900. The van der Waals surface area contributed by atoms with Crippen LogP contribution in [0.3, 0.4) is 0 Å². The second kappa shape index (κ2) is 7.29. The summed E-state index contributed by atoms with van der Waals surface area (Å²) in [5, 5.41) is 9.40. The fraction of sp³-hybridized carbons (Fsp3) is 0.706. The van der Waals surface area contributed by atoms with Gasteiger partial charge in [0.2, 0.25) is 0 Å². The van der Waals surface area contributed by atoms with Crippen LogP contribution in [0, 0.1) is 13.8 Å². The molecule has 0 radical (unpaired) electrons. The molecule has 1 aliphatic heterocycles. The lowest BCUT2D eigenvalue weighted by Crippen LogP contribution is -2.52. The first kappa shape index (κ1) is 17.0. The van der Waals surface area contributed by atoms with Crippen LogP contribution in [0.5, 0.6) is 0 Å². The summed E-state index contributed by atoms with van der Waals surface area (Å²) in [7, 11) is 0. The summed E-state index contributed by atoms with van der Waals surface area (Å²) in [4.78, 5) is 17.0. The van der Waals surface area contributed by atoms with Crippen molar-refractivity contribution in [3.05, 3.63) is 23.0 Å². The van der Waals surface area contributed by atoms with Crippen LogP contribution in [0.1, 0.15) is 42.0 Å². The Labute approximate surface area is 133 Å². The van der Waals surface area contributed by atoms with E-state index in [1.165, 1.54) is 0 Å².